The molecule has 30 heavy (non-hydrogen) atoms. The number of ether oxygens (including phenoxy) is 2. The summed E-state index contributed by atoms with van der Waals surface area (Å²) in [5.74, 6) is 0.387. The van der Waals surface area contributed by atoms with Crippen molar-refractivity contribution in [3.05, 3.63) is 63.4 Å². The number of amides is 1. The maximum absolute atomic E-state index is 14.0. The molecule has 162 valence electrons. The lowest BCUT2D eigenvalue weighted by atomic mass is 9.89. The number of piperidine rings is 1. The predicted molar refractivity (Wildman–Crippen MR) is 117 cm³/mol. The third kappa shape index (κ3) is 6.02. The van der Waals surface area contributed by atoms with Crippen LogP contribution < -0.4 is 4.74 Å². The molecular formula is C23H26Cl2FNO3. The number of carbonyl (C=O) groups excluding carboxylic acids is 1. The summed E-state index contributed by atoms with van der Waals surface area (Å²) in [7, 11) is 0. The van der Waals surface area contributed by atoms with Crippen LogP contribution in [0.2, 0.25) is 10.0 Å². The molecule has 3 rings (SSSR count). The molecule has 1 aliphatic heterocycles. The van der Waals surface area contributed by atoms with Gasteiger partial charge in [-0.15, -0.1) is 0 Å². The molecule has 1 heterocycles. The average Bonchev–Trinajstić information content (AvgIpc) is 2.67. The summed E-state index contributed by atoms with van der Waals surface area (Å²) in [6.45, 7) is 6.92. The summed E-state index contributed by atoms with van der Waals surface area (Å²) in [6.07, 6.45) is 1.38. The Hall–Kier alpha value is -1.98. The fraction of sp³-hybridized carbons (Fsp3) is 0.435. The summed E-state index contributed by atoms with van der Waals surface area (Å²) >= 11 is 12.1. The summed E-state index contributed by atoms with van der Waals surface area (Å²) in [5, 5.41) is 0.813. The van der Waals surface area contributed by atoms with Gasteiger partial charge in [-0.2, -0.15) is 0 Å². The maximum atomic E-state index is 14.0. The Bertz CT molecular complexity index is 906. The molecular weight excluding hydrogens is 428 g/mol. The van der Waals surface area contributed by atoms with E-state index in [1.54, 1.807) is 23.1 Å². The van der Waals surface area contributed by atoms with Gasteiger partial charge in [0.2, 0.25) is 0 Å². The van der Waals surface area contributed by atoms with Gasteiger partial charge in [0.1, 0.15) is 23.8 Å². The van der Waals surface area contributed by atoms with E-state index in [-0.39, 0.29) is 18.6 Å². The normalized spacial score (nSPS) is 15.2. The molecule has 1 saturated heterocycles. The van der Waals surface area contributed by atoms with E-state index in [0.717, 1.165) is 18.4 Å². The predicted octanol–water partition coefficient (Wildman–Crippen LogP) is 6.83. The zero-order valence-corrected chi connectivity index (χ0v) is 18.9. The van der Waals surface area contributed by atoms with Gasteiger partial charge >= 0.3 is 6.09 Å². The Balaban J connectivity index is 1.62. The van der Waals surface area contributed by atoms with Crippen molar-refractivity contribution in [1.82, 2.24) is 4.90 Å². The highest BCUT2D eigenvalue weighted by Crippen LogP contribution is 2.34. The quantitative estimate of drug-likeness (QED) is 0.509. The summed E-state index contributed by atoms with van der Waals surface area (Å²) < 4.78 is 25.2. The Kier molecular flexibility index (Phi) is 7.14. The van der Waals surface area contributed by atoms with Crippen LogP contribution in [0.3, 0.4) is 0 Å². The standard InChI is InChI=1S/C23H26Cl2FNO3/c1-23(2,3)30-22(28)27-10-8-15(9-11-27)16-5-7-19(25)21(12-16)29-14-17-4-6-18(24)13-20(17)26/h4-7,12-13,15H,8-11,14H2,1-3H3. The van der Waals surface area contributed by atoms with Gasteiger partial charge in [0.25, 0.3) is 0 Å². The molecule has 0 N–H and O–H groups in total. The van der Waals surface area contributed by atoms with Crippen molar-refractivity contribution in [2.75, 3.05) is 13.1 Å². The van der Waals surface area contributed by atoms with Crippen LogP contribution in [0.1, 0.15) is 50.7 Å². The van der Waals surface area contributed by atoms with Crippen molar-refractivity contribution < 1.29 is 18.7 Å². The Morgan fingerprint density at radius 2 is 1.83 bits per heavy atom. The van der Waals surface area contributed by atoms with E-state index in [1.807, 2.05) is 32.9 Å². The molecule has 1 fully saturated rings. The van der Waals surface area contributed by atoms with Gasteiger partial charge in [-0.1, -0.05) is 35.3 Å². The minimum atomic E-state index is -0.500. The van der Waals surface area contributed by atoms with Gasteiger partial charge in [0.05, 0.1) is 5.02 Å². The van der Waals surface area contributed by atoms with Crippen LogP contribution in [-0.4, -0.2) is 29.7 Å². The van der Waals surface area contributed by atoms with Gasteiger partial charge in [0.15, 0.2) is 0 Å². The van der Waals surface area contributed by atoms with E-state index < -0.39 is 11.4 Å². The van der Waals surface area contributed by atoms with Crippen LogP contribution >= 0.6 is 23.2 Å². The van der Waals surface area contributed by atoms with Crippen LogP contribution in [0, 0.1) is 5.82 Å². The van der Waals surface area contributed by atoms with Crippen LogP contribution in [0.15, 0.2) is 36.4 Å². The molecule has 2 aromatic carbocycles. The molecule has 0 aliphatic carbocycles. The van der Waals surface area contributed by atoms with Crippen molar-refractivity contribution in [2.24, 2.45) is 0 Å². The SMILES string of the molecule is CC(C)(C)OC(=O)N1CCC(c2ccc(Cl)c(OCc3ccc(Cl)cc3F)c2)CC1. The fourth-order valence-corrected chi connectivity index (χ4v) is 3.73. The van der Waals surface area contributed by atoms with E-state index in [0.29, 0.717) is 34.4 Å². The summed E-state index contributed by atoms with van der Waals surface area (Å²) in [6, 6.07) is 10.2. The van der Waals surface area contributed by atoms with Crippen molar-refractivity contribution in [1.29, 1.82) is 0 Å². The Morgan fingerprint density at radius 3 is 2.47 bits per heavy atom. The van der Waals surface area contributed by atoms with E-state index in [1.165, 1.54) is 6.07 Å². The average molecular weight is 454 g/mol. The second-order valence-electron chi connectivity index (χ2n) is 8.46. The van der Waals surface area contributed by atoms with E-state index in [4.69, 9.17) is 32.7 Å². The van der Waals surface area contributed by atoms with E-state index in [2.05, 4.69) is 0 Å². The Morgan fingerprint density at radius 1 is 1.13 bits per heavy atom. The van der Waals surface area contributed by atoms with Gasteiger partial charge in [-0.05, 0) is 69.4 Å². The van der Waals surface area contributed by atoms with Gasteiger partial charge in [-0.25, -0.2) is 9.18 Å². The first-order valence-electron chi connectivity index (χ1n) is 9.96. The number of hydrogen-bond donors (Lipinski definition) is 0. The fourth-order valence-electron chi connectivity index (χ4n) is 3.40. The van der Waals surface area contributed by atoms with E-state index in [9.17, 15) is 9.18 Å². The first-order chi connectivity index (χ1) is 14.1. The molecule has 4 nitrogen and oxygen atoms in total. The molecule has 0 saturated carbocycles. The van der Waals surface area contributed by atoms with Crippen LogP contribution in [0.25, 0.3) is 0 Å². The molecule has 0 bridgehead atoms. The lowest BCUT2D eigenvalue weighted by Gasteiger charge is -2.33. The number of likely N-dealkylation sites (tertiary alicyclic amines) is 1. The van der Waals surface area contributed by atoms with Gasteiger partial charge in [-0.3, -0.25) is 0 Å². The summed E-state index contributed by atoms with van der Waals surface area (Å²) in [4.78, 5) is 14.0. The largest absolute Gasteiger partial charge is 0.487 e. The number of hydrogen-bond acceptors (Lipinski definition) is 3. The second-order valence-corrected chi connectivity index (χ2v) is 9.30. The van der Waals surface area contributed by atoms with Gasteiger partial charge in [0, 0.05) is 23.7 Å². The van der Waals surface area contributed by atoms with Crippen LogP contribution in [0.5, 0.6) is 5.75 Å². The molecule has 0 unspecified atom stereocenters. The monoisotopic (exact) mass is 453 g/mol. The third-order valence-electron chi connectivity index (χ3n) is 4.97. The number of nitrogens with zero attached hydrogens (tertiary/aromatic N) is 1. The van der Waals surface area contributed by atoms with Gasteiger partial charge < -0.3 is 14.4 Å². The highest BCUT2D eigenvalue weighted by atomic mass is 35.5. The lowest BCUT2D eigenvalue weighted by Crippen LogP contribution is -2.41. The molecule has 0 spiro atoms. The zero-order chi connectivity index (χ0) is 21.9. The Labute approximate surface area is 186 Å². The number of carbonyl (C=O) groups is 1. The van der Waals surface area contributed by atoms with Crippen molar-refractivity contribution >= 4 is 29.3 Å². The first-order valence-corrected chi connectivity index (χ1v) is 10.7. The van der Waals surface area contributed by atoms with Crippen molar-refractivity contribution in [3.63, 3.8) is 0 Å². The number of benzene rings is 2. The molecule has 1 amide bonds. The highest BCUT2D eigenvalue weighted by Gasteiger charge is 2.27. The highest BCUT2D eigenvalue weighted by molar-refractivity contribution is 6.32. The van der Waals surface area contributed by atoms with Crippen molar-refractivity contribution in [3.8, 4) is 5.75 Å². The molecule has 2 aromatic rings. The topological polar surface area (TPSA) is 38.8 Å². The maximum Gasteiger partial charge on any atom is 0.410 e. The smallest absolute Gasteiger partial charge is 0.410 e. The minimum absolute atomic E-state index is 0.0588. The van der Waals surface area contributed by atoms with Crippen molar-refractivity contribution in [2.45, 2.75) is 51.7 Å². The molecule has 1 aliphatic rings. The molecule has 0 radical (unpaired) electrons. The molecule has 7 heteroatoms. The number of halogens is 3. The zero-order valence-electron chi connectivity index (χ0n) is 17.4. The van der Waals surface area contributed by atoms with Crippen LogP contribution in [-0.2, 0) is 11.3 Å². The third-order valence-corrected chi connectivity index (χ3v) is 5.52. The van der Waals surface area contributed by atoms with E-state index >= 15 is 0 Å². The first kappa shape index (κ1) is 22.7. The number of rotatable bonds is 4. The van der Waals surface area contributed by atoms with Crippen LogP contribution in [0.4, 0.5) is 9.18 Å². The second kappa shape index (κ2) is 9.44. The molecule has 0 atom stereocenters. The lowest BCUT2D eigenvalue weighted by molar-refractivity contribution is 0.0205. The molecule has 0 aromatic heterocycles. The summed E-state index contributed by atoms with van der Waals surface area (Å²) in [5.41, 5.74) is 1.00. The minimum Gasteiger partial charge on any atom is -0.487 e.